The average molecular weight is 1270 g/mol. The summed E-state index contributed by atoms with van der Waals surface area (Å²) in [6.07, 6.45) is 116. The normalized spacial score (nSPS) is 12.7. The second-order valence-electron chi connectivity index (χ2n) is 27.1. The van der Waals surface area contributed by atoms with Crippen molar-refractivity contribution in [2.45, 2.75) is 424 Å². The van der Waals surface area contributed by atoms with Gasteiger partial charge in [-0.15, -0.1) is 0 Å². The lowest BCUT2D eigenvalue weighted by atomic mass is 10.0. The van der Waals surface area contributed by atoms with Crippen LogP contribution in [0.5, 0.6) is 0 Å². The number of hydrogen-bond acceptors (Lipinski definition) is 5. The molecule has 0 aliphatic carbocycles. The molecule has 0 aromatic carbocycles. The van der Waals surface area contributed by atoms with Gasteiger partial charge < -0.3 is 14.6 Å². The van der Waals surface area contributed by atoms with E-state index in [0.29, 0.717) is 12.8 Å². The lowest BCUT2D eigenvalue weighted by Crippen LogP contribution is -2.28. The van der Waals surface area contributed by atoms with Gasteiger partial charge in [-0.3, -0.25) is 9.59 Å². The summed E-state index contributed by atoms with van der Waals surface area (Å²) in [5.41, 5.74) is 0. The minimum Gasteiger partial charge on any atom is -0.462 e. The van der Waals surface area contributed by atoms with Crippen LogP contribution < -0.4 is 0 Å². The van der Waals surface area contributed by atoms with Gasteiger partial charge in [0.05, 0.1) is 6.61 Å². The van der Waals surface area contributed by atoms with Crippen LogP contribution in [0.1, 0.15) is 418 Å². The van der Waals surface area contributed by atoms with Crippen LogP contribution in [0.2, 0.25) is 0 Å². The first kappa shape index (κ1) is 87.8. The second kappa shape index (κ2) is 81.1. The zero-order valence-electron chi connectivity index (χ0n) is 60.9. The first-order valence-electron chi connectivity index (χ1n) is 40.3. The van der Waals surface area contributed by atoms with Crippen LogP contribution in [0.4, 0.5) is 0 Å². The molecular formula is C86H154O5. The Morgan fingerprint density at radius 3 is 0.714 bits per heavy atom. The number of esters is 2. The van der Waals surface area contributed by atoms with E-state index < -0.39 is 6.10 Å². The van der Waals surface area contributed by atoms with Gasteiger partial charge in [-0.2, -0.15) is 0 Å². The fraction of sp³-hybridized carbons (Fsp3) is 0.791. The third-order valence-corrected chi connectivity index (χ3v) is 18.1. The van der Waals surface area contributed by atoms with Gasteiger partial charge in [-0.1, -0.05) is 426 Å². The average Bonchev–Trinajstić information content (AvgIpc) is 3.69. The van der Waals surface area contributed by atoms with E-state index in [2.05, 4.69) is 111 Å². The van der Waals surface area contributed by atoms with Gasteiger partial charge in [0.2, 0.25) is 0 Å². The maximum Gasteiger partial charge on any atom is 0.306 e. The molecule has 0 amide bonds. The summed E-state index contributed by atoms with van der Waals surface area (Å²) in [6, 6.07) is 0. The largest absolute Gasteiger partial charge is 0.462 e. The summed E-state index contributed by atoms with van der Waals surface area (Å²) in [4.78, 5) is 24.7. The number of ether oxygens (including phenoxy) is 2. The number of carbonyl (C=O) groups excluding carboxylic acids is 2. The highest BCUT2D eigenvalue weighted by atomic mass is 16.6. The number of rotatable bonds is 75. The molecule has 0 aromatic rings. The van der Waals surface area contributed by atoms with Gasteiger partial charge in [0, 0.05) is 12.8 Å². The Balaban J connectivity index is 3.42. The molecule has 0 aliphatic heterocycles. The zero-order valence-corrected chi connectivity index (χ0v) is 60.9. The standard InChI is InChI=1S/C86H154O5/c1-3-5-7-9-11-13-15-17-19-21-23-25-27-29-31-33-35-37-39-41-42-43-45-46-48-50-52-54-56-58-60-62-64-66-68-70-72-74-76-78-80-85(88)90-83-84(82-87)91-86(89)81-79-77-75-73-71-69-67-65-63-61-59-57-55-53-51-49-47-44-40-38-36-34-32-30-28-26-24-22-20-18-16-14-12-10-8-6-4-2/h6,8,12,14,18,20,24,26,30,32,36,38,44,47,51,53,84,87H,3-5,7,9-11,13,15-17,19,21-23,25,27-29,31,33-35,37,39-43,45-46,48-50,52,54-83H2,1-2H3/b8-6-,14-12-,20-18-,26-24-,32-30-,38-36-,47-44-,53-51-. The highest BCUT2D eigenvalue weighted by molar-refractivity contribution is 5.70. The minimum atomic E-state index is -0.778. The highest BCUT2D eigenvalue weighted by Crippen LogP contribution is 2.20. The van der Waals surface area contributed by atoms with Crippen LogP contribution in [0.25, 0.3) is 0 Å². The Morgan fingerprint density at radius 2 is 0.473 bits per heavy atom. The molecule has 91 heavy (non-hydrogen) atoms. The Labute approximate surface area is 568 Å². The van der Waals surface area contributed by atoms with Gasteiger partial charge >= 0.3 is 11.9 Å². The molecule has 528 valence electrons. The third kappa shape index (κ3) is 79.2. The van der Waals surface area contributed by atoms with E-state index in [1.807, 2.05) is 0 Å². The second-order valence-corrected chi connectivity index (χ2v) is 27.1. The van der Waals surface area contributed by atoms with Crippen LogP contribution in [0.3, 0.4) is 0 Å². The molecule has 1 N–H and O–H groups in total. The van der Waals surface area contributed by atoms with E-state index in [1.54, 1.807) is 0 Å². The van der Waals surface area contributed by atoms with Gasteiger partial charge in [-0.05, 0) is 77.0 Å². The van der Waals surface area contributed by atoms with Crippen LogP contribution >= 0.6 is 0 Å². The smallest absolute Gasteiger partial charge is 0.306 e. The van der Waals surface area contributed by atoms with Crippen LogP contribution in [-0.2, 0) is 19.1 Å². The first-order chi connectivity index (χ1) is 45.1. The summed E-state index contributed by atoms with van der Waals surface area (Å²) in [5.74, 6) is -0.577. The van der Waals surface area contributed by atoms with Crippen molar-refractivity contribution in [2.75, 3.05) is 13.2 Å². The number of carbonyl (C=O) groups is 2. The fourth-order valence-corrected chi connectivity index (χ4v) is 12.2. The number of allylic oxidation sites excluding steroid dienone is 16. The Bertz CT molecular complexity index is 1680. The predicted octanol–water partition coefficient (Wildman–Crippen LogP) is 28.5. The molecule has 1 atom stereocenters. The lowest BCUT2D eigenvalue weighted by molar-refractivity contribution is -0.161. The molecule has 5 nitrogen and oxygen atoms in total. The van der Waals surface area contributed by atoms with Gasteiger partial charge in [0.15, 0.2) is 6.10 Å². The van der Waals surface area contributed by atoms with Crippen molar-refractivity contribution in [3.05, 3.63) is 97.2 Å². The van der Waals surface area contributed by atoms with Crippen molar-refractivity contribution in [3.8, 4) is 0 Å². The predicted molar refractivity (Wildman–Crippen MR) is 403 cm³/mol. The van der Waals surface area contributed by atoms with Crippen molar-refractivity contribution in [3.63, 3.8) is 0 Å². The van der Waals surface area contributed by atoms with Crippen LogP contribution in [-0.4, -0.2) is 36.4 Å². The van der Waals surface area contributed by atoms with Crippen LogP contribution in [0, 0.1) is 0 Å². The lowest BCUT2D eigenvalue weighted by Gasteiger charge is -2.15. The molecule has 0 saturated heterocycles. The molecule has 0 saturated carbocycles. The van der Waals surface area contributed by atoms with E-state index >= 15 is 0 Å². The number of aliphatic hydroxyl groups excluding tert-OH is 1. The van der Waals surface area contributed by atoms with E-state index in [4.69, 9.17) is 9.47 Å². The summed E-state index contributed by atoms with van der Waals surface area (Å²) in [6.45, 7) is 4.08. The Hall–Kier alpha value is -3.18. The third-order valence-electron chi connectivity index (χ3n) is 18.1. The maximum absolute atomic E-state index is 12.4. The molecule has 0 rings (SSSR count). The minimum absolute atomic E-state index is 0.0656. The summed E-state index contributed by atoms with van der Waals surface area (Å²) >= 11 is 0. The van der Waals surface area contributed by atoms with Crippen LogP contribution in [0.15, 0.2) is 97.2 Å². The molecule has 0 radical (unpaired) electrons. The van der Waals surface area contributed by atoms with Crippen molar-refractivity contribution in [1.82, 2.24) is 0 Å². The van der Waals surface area contributed by atoms with Crippen molar-refractivity contribution in [2.24, 2.45) is 0 Å². The molecular weight excluding hydrogens is 1110 g/mol. The van der Waals surface area contributed by atoms with Crippen molar-refractivity contribution < 1.29 is 24.2 Å². The molecule has 0 aromatic heterocycles. The number of aliphatic hydroxyl groups is 1. The summed E-state index contributed by atoms with van der Waals surface area (Å²) in [5, 5.41) is 9.73. The molecule has 0 aliphatic rings. The summed E-state index contributed by atoms with van der Waals surface area (Å²) < 4.78 is 10.8. The molecule has 1 unspecified atom stereocenters. The van der Waals surface area contributed by atoms with Crippen molar-refractivity contribution >= 4 is 11.9 Å². The van der Waals surface area contributed by atoms with E-state index in [9.17, 15) is 14.7 Å². The summed E-state index contributed by atoms with van der Waals surface area (Å²) in [7, 11) is 0. The van der Waals surface area contributed by atoms with Gasteiger partial charge in [0.1, 0.15) is 6.61 Å². The Morgan fingerprint density at radius 1 is 0.264 bits per heavy atom. The van der Waals surface area contributed by atoms with Gasteiger partial charge in [0.25, 0.3) is 0 Å². The SMILES string of the molecule is CC/C=C\C/C=C\C/C=C\C/C=C\C/C=C\C/C=C\C/C=C\C/C=C\CCCCCCCCCCCCCCC(=O)OC(CO)COC(=O)CCCCCCCCCCCCCCCCCCCCCCCCCCCCCCCCCCCCCCCCCC. The molecule has 0 fully saturated rings. The van der Waals surface area contributed by atoms with Crippen molar-refractivity contribution in [1.29, 1.82) is 0 Å². The van der Waals surface area contributed by atoms with E-state index in [0.717, 1.165) is 89.9 Å². The fourth-order valence-electron chi connectivity index (χ4n) is 12.2. The first-order valence-corrected chi connectivity index (χ1v) is 40.3. The molecule has 0 spiro atoms. The van der Waals surface area contributed by atoms with E-state index in [-0.39, 0.29) is 25.2 Å². The topological polar surface area (TPSA) is 72.8 Å². The quantitative estimate of drug-likeness (QED) is 0.0373. The molecule has 5 heteroatoms. The van der Waals surface area contributed by atoms with Gasteiger partial charge in [-0.25, -0.2) is 0 Å². The zero-order chi connectivity index (χ0) is 65.4. The maximum atomic E-state index is 12.4. The number of unbranched alkanes of at least 4 members (excludes halogenated alkanes) is 51. The molecule has 0 bridgehead atoms. The Kier molecular flexibility index (Phi) is 78.2. The van der Waals surface area contributed by atoms with E-state index in [1.165, 1.54) is 302 Å². The highest BCUT2D eigenvalue weighted by Gasteiger charge is 2.16. The number of hydrogen-bond donors (Lipinski definition) is 1. The molecule has 0 heterocycles. The monoisotopic (exact) mass is 1270 g/mol.